The zero-order valence-electron chi connectivity index (χ0n) is 13.5. The monoisotopic (exact) mass is 389 g/mol. The molecule has 5 nitrogen and oxygen atoms in total. The topological polar surface area (TPSA) is 59.0 Å². The van der Waals surface area contributed by atoms with Gasteiger partial charge in [-0.2, -0.15) is 8.78 Å². The SMILES string of the molecule is O=C(CN1COC[C@H]1c1ccccc1O)Oc1c(F)c(F)c(F)c(F)c1F. The van der Waals surface area contributed by atoms with Crippen molar-refractivity contribution in [2.75, 3.05) is 19.9 Å². The number of hydrogen-bond donors (Lipinski definition) is 1. The first kappa shape index (κ1) is 19.1. The molecular weight excluding hydrogens is 377 g/mol. The van der Waals surface area contributed by atoms with E-state index in [1.165, 1.54) is 11.0 Å². The van der Waals surface area contributed by atoms with Gasteiger partial charge in [-0.25, -0.2) is 13.2 Å². The molecule has 10 heteroatoms. The van der Waals surface area contributed by atoms with Crippen LogP contribution in [0.2, 0.25) is 0 Å². The minimum absolute atomic E-state index is 0.0499. The summed E-state index contributed by atoms with van der Waals surface area (Å²) in [6.07, 6.45) is 0. The van der Waals surface area contributed by atoms with Crippen LogP contribution in [-0.2, 0) is 9.53 Å². The Kier molecular flexibility index (Phi) is 5.29. The van der Waals surface area contributed by atoms with Gasteiger partial charge in [0.25, 0.3) is 0 Å². The van der Waals surface area contributed by atoms with Gasteiger partial charge in [-0.15, -0.1) is 0 Å². The number of ether oxygens (including phenoxy) is 2. The first-order chi connectivity index (χ1) is 12.8. The maximum atomic E-state index is 13.6. The third-order valence-electron chi connectivity index (χ3n) is 3.99. The number of carbonyl (C=O) groups is 1. The smallest absolute Gasteiger partial charge is 0.325 e. The molecule has 3 rings (SSSR count). The lowest BCUT2D eigenvalue weighted by Gasteiger charge is -2.22. The van der Waals surface area contributed by atoms with E-state index in [0.29, 0.717) is 5.56 Å². The molecule has 0 bridgehead atoms. The second-order valence-corrected chi connectivity index (χ2v) is 5.69. The number of halogens is 5. The predicted octanol–water partition coefficient (Wildman–Crippen LogP) is 3.02. The van der Waals surface area contributed by atoms with Crippen molar-refractivity contribution in [3.63, 3.8) is 0 Å². The summed E-state index contributed by atoms with van der Waals surface area (Å²) in [7, 11) is 0. The summed E-state index contributed by atoms with van der Waals surface area (Å²) in [5.74, 6) is -14.2. The summed E-state index contributed by atoms with van der Waals surface area (Å²) in [5, 5.41) is 9.90. The van der Waals surface area contributed by atoms with Gasteiger partial charge in [0.15, 0.2) is 0 Å². The average Bonchev–Trinajstić information content (AvgIpc) is 3.10. The van der Waals surface area contributed by atoms with Gasteiger partial charge in [0.1, 0.15) is 12.5 Å². The molecule has 1 heterocycles. The molecule has 1 N–H and O–H groups in total. The van der Waals surface area contributed by atoms with E-state index in [-0.39, 0.29) is 19.1 Å². The van der Waals surface area contributed by atoms with Crippen molar-refractivity contribution in [3.8, 4) is 11.5 Å². The molecule has 1 aliphatic rings. The average molecular weight is 389 g/mol. The highest BCUT2D eigenvalue weighted by molar-refractivity contribution is 5.74. The number of benzene rings is 2. The van der Waals surface area contributed by atoms with Gasteiger partial charge < -0.3 is 14.6 Å². The van der Waals surface area contributed by atoms with Gasteiger partial charge in [-0.3, -0.25) is 9.69 Å². The third-order valence-corrected chi connectivity index (χ3v) is 3.99. The van der Waals surface area contributed by atoms with Crippen LogP contribution >= 0.6 is 0 Å². The summed E-state index contributed by atoms with van der Waals surface area (Å²) < 4.78 is 76.2. The predicted molar refractivity (Wildman–Crippen MR) is 80.2 cm³/mol. The number of aromatic hydroxyl groups is 1. The number of para-hydroxylation sites is 1. The molecule has 1 atom stereocenters. The first-order valence-corrected chi connectivity index (χ1v) is 7.63. The second kappa shape index (κ2) is 7.49. The molecule has 0 unspecified atom stereocenters. The summed E-state index contributed by atoms with van der Waals surface area (Å²) in [4.78, 5) is 13.4. The molecule has 0 aliphatic carbocycles. The van der Waals surface area contributed by atoms with E-state index in [4.69, 9.17) is 4.74 Å². The van der Waals surface area contributed by atoms with Gasteiger partial charge in [0, 0.05) is 5.56 Å². The van der Waals surface area contributed by atoms with Crippen LogP contribution in [0.25, 0.3) is 0 Å². The first-order valence-electron chi connectivity index (χ1n) is 7.63. The van der Waals surface area contributed by atoms with E-state index < -0.39 is 53.4 Å². The molecule has 0 amide bonds. The van der Waals surface area contributed by atoms with Crippen LogP contribution in [0.15, 0.2) is 24.3 Å². The van der Waals surface area contributed by atoms with E-state index in [2.05, 4.69) is 4.74 Å². The van der Waals surface area contributed by atoms with Crippen LogP contribution < -0.4 is 4.74 Å². The van der Waals surface area contributed by atoms with Crippen LogP contribution in [-0.4, -0.2) is 35.9 Å². The summed E-state index contributed by atoms with van der Waals surface area (Å²) in [6, 6.07) is 5.71. The maximum absolute atomic E-state index is 13.6. The van der Waals surface area contributed by atoms with Gasteiger partial charge in [0.2, 0.25) is 34.8 Å². The Balaban J connectivity index is 1.78. The van der Waals surface area contributed by atoms with E-state index >= 15 is 0 Å². The van der Waals surface area contributed by atoms with Crippen LogP contribution in [0.5, 0.6) is 11.5 Å². The Labute approximate surface area is 149 Å². The van der Waals surface area contributed by atoms with Crippen molar-refractivity contribution in [1.82, 2.24) is 4.90 Å². The number of esters is 1. The molecule has 1 saturated heterocycles. The Hall–Kier alpha value is -2.72. The van der Waals surface area contributed by atoms with Gasteiger partial charge in [-0.05, 0) is 6.07 Å². The second-order valence-electron chi connectivity index (χ2n) is 5.69. The molecule has 0 aromatic heterocycles. The number of phenolic OH excluding ortho intramolecular Hbond substituents is 1. The Morgan fingerprint density at radius 2 is 1.67 bits per heavy atom. The quantitative estimate of drug-likeness (QED) is 0.286. The number of carbonyl (C=O) groups excluding carboxylic acids is 1. The van der Waals surface area contributed by atoms with Crippen molar-refractivity contribution in [1.29, 1.82) is 0 Å². The lowest BCUT2D eigenvalue weighted by atomic mass is 10.1. The molecule has 0 spiro atoms. The van der Waals surface area contributed by atoms with E-state index in [1.54, 1.807) is 18.2 Å². The highest BCUT2D eigenvalue weighted by Gasteiger charge is 2.33. The van der Waals surface area contributed by atoms with Gasteiger partial charge >= 0.3 is 5.97 Å². The summed E-state index contributed by atoms with van der Waals surface area (Å²) >= 11 is 0. The number of rotatable bonds is 4. The normalized spacial score (nSPS) is 17.3. The zero-order chi connectivity index (χ0) is 19.7. The van der Waals surface area contributed by atoms with Crippen LogP contribution in [0.3, 0.4) is 0 Å². The maximum Gasteiger partial charge on any atom is 0.325 e. The highest BCUT2D eigenvalue weighted by atomic mass is 19.2. The Morgan fingerprint density at radius 3 is 2.30 bits per heavy atom. The number of nitrogens with zero attached hydrogens (tertiary/aromatic N) is 1. The molecule has 0 radical (unpaired) electrons. The fourth-order valence-corrected chi connectivity index (χ4v) is 2.67. The third kappa shape index (κ3) is 3.58. The lowest BCUT2D eigenvalue weighted by Crippen LogP contribution is -2.33. The van der Waals surface area contributed by atoms with E-state index in [1.807, 2.05) is 0 Å². The van der Waals surface area contributed by atoms with E-state index in [0.717, 1.165) is 0 Å². The van der Waals surface area contributed by atoms with Gasteiger partial charge in [0.05, 0.1) is 19.2 Å². The summed E-state index contributed by atoms with van der Waals surface area (Å²) in [6.45, 7) is -0.517. The molecule has 27 heavy (non-hydrogen) atoms. The number of phenols is 1. The lowest BCUT2D eigenvalue weighted by molar-refractivity contribution is -0.136. The van der Waals surface area contributed by atoms with Crippen molar-refractivity contribution >= 4 is 5.97 Å². The zero-order valence-corrected chi connectivity index (χ0v) is 13.5. The molecule has 2 aromatic carbocycles. The standard InChI is InChI=1S/C17H12F5NO4/c18-12-13(19)15(21)17(16(22)14(12)20)27-11(25)5-23-7-26-6-9(23)8-3-1-2-4-10(8)24/h1-4,9,24H,5-7H2/t9-/m0/s1. The van der Waals surface area contributed by atoms with Crippen molar-refractivity contribution in [2.24, 2.45) is 0 Å². The van der Waals surface area contributed by atoms with Crippen molar-refractivity contribution in [2.45, 2.75) is 6.04 Å². The van der Waals surface area contributed by atoms with Crippen LogP contribution in [0.1, 0.15) is 11.6 Å². The molecule has 1 aliphatic heterocycles. The minimum Gasteiger partial charge on any atom is -0.508 e. The molecule has 144 valence electrons. The molecular formula is C17H12F5NO4. The highest BCUT2D eigenvalue weighted by Crippen LogP contribution is 2.33. The van der Waals surface area contributed by atoms with E-state index in [9.17, 15) is 31.9 Å². The van der Waals surface area contributed by atoms with Crippen LogP contribution in [0, 0.1) is 29.1 Å². The van der Waals surface area contributed by atoms with Crippen molar-refractivity contribution < 1.29 is 41.3 Å². The molecule has 2 aromatic rings. The summed E-state index contributed by atoms with van der Waals surface area (Å²) in [5.41, 5.74) is 0.444. The van der Waals surface area contributed by atoms with Crippen molar-refractivity contribution in [3.05, 3.63) is 58.9 Å². The molecule has 0 saturated carbocycles. The Bertz CT molecular complexity index is 863. The fourth-order valence-electron chi connectivity index (χ4n) is 2.67. The minimum atomic E-state index is -2.35. The fraction of sp³-hybridized carbons (Fsp3) is 0.235. The van der Waals surface area contributed by atoms with Crippen LogP contribution in [0.4, 0.5) is 22.0 Å². The van der Waals surface area contributed by atoms with Gasteiger partial charge in [-0.1, -0.05) is 18.2 Å². The Morgan fingerprint density at radius 1 is 1.07 bits per heavy atom. The molecule has 1 fully saturated rings. The largest absolute Gasteiger partial charge is 0.508 e. The number of hydrogen-bond acceptors (Lipinski definition) is 5.